The van der Waals surface area contributed by atoms with Gasteiger partial charge in [0.2, 0.25) is 11.9 Å². The second-order valence-corrected chi connectivity index (χ2v) is 11.2. The number of halogens is 2. The lowest BCUT2D eigenvalue weighted by Gasteiger charge is -2.13. The van der Waals surface area contributed by atoms with Crippen molar-refractivity contribution in [2.24, 2.45) is 0 Å². The molecule has 1 atom stereocenters. The number of nitrogen functional groups attached to an aromatic ring is 1. The molecule has 236 valence electrons. The smallest absolute Gasteiger partial charge is 0.266 e. The first-order chi connectivity index (χ1) is 22.1. The number of aromatic nitrogens is 6. The maximum absolute atomic E-state index is 13.6. The normalized spacial score (nSPS) is 13.8. The molecule has 5 aromatic rings. The van der Waals surface area contributed by atoms with Crippen LogP contribution in [0.3, 0.4) is 0 Å². The summed E-state index contributed by atoms with van der Waals surface area (Å²) in [5.74, 6) is -1.63. The van der Waals surface area contributed by atoms with Crippen molar-refractivity contribution in [3.63, 3.8) is 0 Å². The second-order valence-electron chi connectivity index (χ2n) is 11.2. The zero-order valence-electron chi connectivity index (χ0n) is 25.0. The molecule has 0 spiro atoms. The van der Waals surface area contributed by atoms with Crippen molar-refractivity contribution < 1.29 is 13.6 Å². The summed E-state index contributed by atoms with van der Waals surface area (Å²) >= 11 is 0. The average Bonchev–Trinajstić information content (AvgIpc) is 3.61. The Morgan fingerprint density at radius 1 is 1.07 bits per heavy atom. The molecule has 4 heterocycles. The van der Waals surface area contributed by atoms with Gasteiger partial charge in [-0.3, -0.25) is 14.2 Å². The number of hydrogen-bond donors (Lipinski definition) is 4. The summed E-state index contributed by atoms with van der Waals surface area (Å²) in [4.78, 5) is 41.0. The summed E-state index contributed by atoms with van der Waals surface area (Å²) in [6, 6.07) is 14.7. The van der Waals surface area contributed by atoms with Crippen LogP contribution in [0.2, 0.25) is 0 Å². The van der Waals surface area contributed by atoms with Gasteiger partial charge in [-0.05, 0) is 61.6 Å². The number of benzene rings is 2. The number of nitrogens with one attached hydrogen (secondary N) is 3. The van der Waals surface area contributed by atoms with Crippen molar-refractivity contribution in [2.45, 2.75) is 25.6 Å². The van der Waals surface area contributed by atoms with Crippen LogP contribution in [-0.2, 0) is 19.5 Å². The van der Waals surface area contributed by atoms with Crippen LogP contribution in [0.25, 0.3) is 5.82 Å². The summed E-state index contributed by atoms with van der Waals surface area (Å²) in [5.41, 5.74) is 9.31. The highest BCUT2D eigenvalue weighted by Crippen LogP contribution is 2.26. The number of pyridine rings is 1. The van der Waals surface area contributed by atoms with E-state index in [-0.39, 0.29) is 30.6 Å². The fourth-order valence-corrected chi connectivity index (χ4v) is 5.12. The topological polar surface area (TPSA) is 161 Å². The van der Waals surface area contributed by atoms with E-state index in [1.165, 1.54) is 28.8 Å². The molecule has 0 bridgehead atoms. The molecular formula is C31H31F2N11O2. The molecule has 5 N–H and O–H groups in total. The van der Waals surface area contributed by atoms with Gasteiger partial charge in [-0.15, -0.1) is 5.10 Å². The number of amides is 1. The molecule has 0 fully saturated rings. The Morgan fingerprint density at radius 3 is 2.61 bits per heavy atom. The van der Waals surface area contributed by atoms with Gasteiger partial charge >= 0.3 is 0 Å². The molecule has 1 unspecified atom stereocenters. The van der Waals surface area contributed by atoms with Gasteiger partial charge in [0.1, 0.15) is 5.56 Å². The Bertz CT molecular complexity index is 1960. The second kappa shape index (κ2) is 12.7. The van der Waals surface area contributed by atoms with Gasteiger partial charge in [-0.25, -0.2) is 18.7 Å². The number of anilines is 4. The van der Waals surface area contributed by atoms with E-state index >= 15 is 0 Å². The summed E-state index contributed by atoms with van der Waals surface area (Å²) in [6.45, 7) is 0.965. The van der Waals surface area contributed by atoms with E-state index < -0.39 is 23.1 Å². The van der Waals surface area contributed by atoms with Gasteiger partial charge in [-0.1, -0.05) is 18.2 Å². The number of rotatable bonds is 10. The molecule has 0 radical (unpaired) electrons. The maximum atomic E-state index is 13.6. The van der Waals surface area contributed by atoms with Crippen LogP contribution in [0, 0.1) is 11.6 Å². The summed E-state index contributed by atoms with van der Waals surface area (Å²) in [5, 5.41) is 13.7. The minimum Gasteiger partial charge on any atom is -0.379 e. The van der Waals surface area contributed by atoms with Crippen molar-refractivity contribution in [3.05, 3.63) is 111 Å². The van der Waals surface area contributed by atoms with Gasteiger partial charge in [0.25, 0.3) is 11.5 Å². The minimum atomic E-state index is -1.02. The zero-order valence-corrected chi connectivity index (χ0v) is 25.0. The Morgan fingerprint density at radius 2 is 1.85 bits per heavy atom. The zero-order chi connectivity index (χ0) is 32.4. The Hall–Kier alpha value is -5.70. The Labute approximate surface area is 262 Å². The number of nitrogens with two attached hydrogens (primary N) is 1. The van der Waals surface area contributed by atoms with E-state index in [1.54, 1.807) is 6.07 Å². The molecule has 0 saturated carbocycles. The predicted octanol–water partition coefficient (Wildman–Crippen LogP) is 2.70. The fraction of sp³-hybridized carbons (Fsp3) is 0.226. The van der Waals surface area contributed by atoms with Gasteiger partial charge in [0.15, 0.2) is 17.5 Å². The number of nitrogens with zero attached hydrogens (tertiary/aromatic N) is 7. The largest absolute Gasteiger partial charge is 0.379 e. The van der Waals surface area contributed by atoms with Crippen LogP contribution < -0.4 is 27.2 Å². The van der Waals surface area contributed by atoms with Crippen molar-refractivity contribution in [1.82, 2.24) is 39.5 Å². The first-order valence-electron chi connectivity index (χ1n) is 14.4. The van der Waals surface area contributed by atoms with Gasteiger partial charge < -0.3 is 26.6 Å². The molecule has 0 saturated heterocycles. The monoisotopic (exact) mass is 627 g/mol. The molecule has 1 aliphatic heterocycles. The lowest BCUT2D eigenvalue weighted by Crippen LogP contribution is -2.39. The van der Waals surface area contributed by atoms with Crippen LogP contribution in [0.15, 0.2) is 71.9 Å². The summed E-state index contributed by atoms with van der Waals surface area (Å²) in [6.07, 6.45) is 2.91. The van der Waals surface area contributed by atoms with Crippen LogP contribution in [0.5, 0.6) is 0 Å². The third kappa shape index (κ3) is 6.68. The van der Waals surface area contributed by atoms with Gasteiger partial charge in [-0.2, -0.15) is 9.67 Å². The quantitative estimate of drug-likeness (QED) is 0.181. The molecule has 1 aliphatic rings. The summed E-state index contributed by atoms with van der Waals surface area (Å²) in [7, 11) is 4.03. The van der Waals surface area contributed by atoms with Crippen molar-refractivity contribution in [1.29, 1.82) is 0 Å². The third-order valence-electron chi connectivity index (χ3n) is 7.31. The highest BCUT2D eigenvalue weighted by atomic mass is 19.2. The Balaban J connectivity index is 1.07. The van der Waals surface area contributed by atoms with Gasteiger partial charge in [0.05, 0.1) is 24.3 Å². The maximum Gasteiger partial charge on any atom is 0.266 e. The number of hydrogen-bond acceptors (Lipinski definition) is 10. The molecule has 2 aromatic carbocycles. The van der Waals surface area contributed by atoms with E-state index in [4.69, 9.17) is 10.7 Å². The van der Waals surface area contributed by atoms with Crippen LogP contribution >= 0.6 is 0 Å². The fourth-order valence-electron chi connectivity index (χ4n) is 5.12. The highest BCUT2D eigenvalue weighted by molar-refractivity contribution is 5.93. The average molecular weight is 628 g/mol. The molecule has 46 heavy (non-hydrogen) atoms. The SMILES string of the molecule is CN(C)Cc1ccc(Nc2nc(N)n(-c3ccc4c(n3)CC(CNC(=O)c3cncn(Cc5ccc(F)c(F)c5)c3=O)N4)n2)cc1. The Kier molecular flexibility index (Phi) is 8.39. The lowest BCUT2D eigenvalue weighted by molar-refractivity contribution is 0.0949. The molecule has 0 aliphatic carbocycles. The van der Waals surface area contributed by atoms with Crippen molar-refractivity contribution >= 4 is 29.2 Å². The molecular weight excluding hydrogens is 596 g/mol. The van der Waals surface area contributed by atoms with E-state index in [0.29, 0.717) is 23.8 Å². The standard InChI is InChI=1S/C31H31F2N11O2/c1-42(2)15-18-3-6-20(7-4-18)38-31-40-30(34)44(41-31)27-10-9-25-26(39-27)12-21(37-25)13-36-28(45)22-14-35-17-43(29(22)46)16-19-5-8-23(32)24(33)11-19/h3-11,14,17,21,37H,12-13,15-16H2,1-2H3,(H,36,45)(H3,34,38,40,41). The van der Waals surface area contributed by atoms with Crippen molar-refractivity contribution in [3.8, 4) is 5.82 Å². The molecule has 15 heteroatoms. The molecule has 6 rings (SSSR count). The molecule has 1 amide bonds. The highest BCUT2D eigenvalue weighted by Gasteiger charge is 2.24. The van der Waals surface area contributed by atoms with E-state index in [0.717, 1.165) is 40.3 Å². The lowest BCUT2D eigenvalue weighted by atomic mass is 10.2. The number of fused-ring (bicyclic) bond motifs is 1. The summed E-state index contributed by atoms with van der Waals surface area (Å²) < 4.78 is 29.5. The number of carbonyl (C=O) groups excluding carboxylic acids is 1. The van der Waals surface area contributed by atoms with E-state index in [1.807, 2.05) is 44.4 Å². The van der Waals surface area contributed by atoms with Crippen LogP contribution in [0.1, 0.15) is 27.2 Å². The van der Waals surface area contributed by atoms with E-state index in [9.17, 15) is 18.4 Å². The third-order valence-corrected chi connectivity index (χ3v) is 7.31. The minimum absolute atomic E-state index is 0.0738. The molecule has 3 aromatic heterocycles. The first kappa shape index (κ1) is 30.3. The first-order valence-corrected chi connectivity index (χ1v) is 14.4. The van der Waals surface area contributed by atoms with E-state index in [2.05, 4.69) is 35.9 Å². The molecule has 13 nitrogen and oxygen atoms in total. The van der Waals surface area contributed by atoms with Crippen LogP contribution in [-0.4, -0.2) is 66.8 Å². The number of carbonyl (C=O) groups is 1. The van der Waals surface area contributed by atoms with Gasteiger partial charge in [0, 0.05) is 37.4 Å². The van der Waals surface area contributed by atoms with Crippen molar-refractivity contribution in [2.75, 3.05) is 37.0 Å². The van der Waals surface area contributed by atoms with Crippen LogP contribution in [0.4, 0.5) is 32.1 Å². The predicted molar refractivity (Wildman–Crippen MR) is 168 cm³/mol.